The molecule has 144 valence electrons. The zero-order chi connectivity index (χ0) is 19.9. The van der Waals surface area contributed by atoms with Crippen molar-refractivity contribution >= 4 is 46.6 Å². The third-order valence-corrected chi connectivity index (χ3v) is 4.97. The number of nitrogens with one attached hydrogen (secondary N) is 2. The van der Waals surface area contributed by atoms with Gasteiger partial charge in [0.15, 0.2) is 5.76 Å². The highest BCUT2D eigenvalue weighted by Crippen LogP contribution is 2.27. The Morgan fingerprint density at radius 2 is 1.82 bits per heavy atom. The van der Waals surface area contributed by atoms with E-state index in [1.807, 2.05) is 12.1 Å². The molecule has 0 aliphatic rings. The average Bonchev–Trinajstić information content (AvgIpc) is 3.23. The number of hydrogen-bond donors (Lipinski definition) is 2. The zero-order valence-corrected chi connectivity index (χ0v) is 16.5. The number of furan rings is 1. The number of carbonyl (C=O) groups excluding carboxylic acids is 2. The molecule has 3 rings (SSSR count). The van der Waals surface area contributed by atoms with Gasteiger partial charge in [-0.15, -0.1) is 11.8 Å². The maximum absolute atomic E-state index is 12.1. The first-order valence-corrected chi connectivity index (χ1v) is 9.62. The summed E-state index contributed by atoms with van der Waals surface area (Å²) in [5, 5.41) is 5.96. The summed E-state index contributed by atoms with van der Waals surface area (Å²) in [4.78, 5) is 25.0. The van der Waals surface area contributed by atoms with Gasteiger partial charge < -0.3 is 19.8 Å². The van der Waals surface area contributed by atoms with Crippen LogP contribution in [0, 0.1) is 0 Å². The molecule has 0 atom stereocenters. The van der Waals surface area contributed by atoms with Gasteiger partial charge in [0.05, 0.1) is 24.1 Å². The van der Waals surface area contributed by atoms with Crippen molar-refractivity contribution in [1.29, 1.82) is 0 Å². The van der Waals surface area contributed by atoms with Crippen molar-refractivity contribution in [2.75, 3.05) is 23.5 Å². The molecule has 1 aromatic heterocycles. The predicted octanol–water partition coefficient (Wildman–Crippen LogP) is 4.92. The van der Waals surface area contributed by atoms with E-state index in [2.05, 4.69) is 10.6 Å². The van der Waals surface area contributed by atoms with Crippen molar-refractivity contribution < 1.29 is 18.7 Å². The van der Waals surface area contributed by atoms with Gasteiger partial charge in [0, 0.05) is 16.3 Å². The first-order chi connectivity index (χ1) is 13.5. The fraction of sp³-hybridized carbons (Fsp3) is 0.100. The fourth-order valence-corrected chi connectivity index (χ4v) is 3.28. The Hall–Kier alpha value is -2.90. The zero-order valence-electron chi connectivity index (χ0n) is 14.9. The lowest BCUT2D eigenvalue weighted by Gasteiger charge is -2.08. The van der Waals surface area contributed by atoms with Gasteiger partial charge >= 0.3 is 0 Å². The van der Waals surface area contributed by atoms with Crippen molar-refractivity contribution in [1.82, 2.24) is 0 Å². The number of halogens is 1. The van der Waals surface area contributed by atoms with Crippen molar-refractivity contribution in [3.05, 3.63) is 71.6 Å². The van der Waals surface area contributed by atoms with Crippen molar-refractivity contribution in [3.63, 3.8) is 0 Å². The van der Waals surface area contributed by atoms with Crippen molar-refractivity contribution in [3.8, 4) is 5.75 Å². The predicted molar refractivity (Wildman–Crippen MR) is 110 cm³/mol. The summed E-state index contributed by atoms with van der Waals surface area (Å²) in [6, 6.07) is 15.5. The standard InChI is InChI=1S/C20H17ClN2O4S/c1-26-17-9-6-14(11-16(17)21)22-19(24)12-28-15-7-4-13(5-8-15)23-20(25)18-3-2-10-27-18/h2-11H,12H2,1H3,(H,22,24)(H,23,25). The maximum atomic E-state index is 12.1. The Morgan fingerprint density at radius 1 is 1.07 bits per heavy atom. The minimum atomic E-state index is -0.317. The fourth-order valence-electron chi connectivity index (χ4n) is 2.33. The van der Waals surface area contributed by atoms with E-state index in [1.165, 1.54) is 25.1 Å². The number of methoxy groups -OCH3 is 1. The quantitative estimate of drug-likeness (QED) is 0.534. The van der Waals surface area contributed by atoms with Crippen LogP contribution in [-0.2, 0) is 4.79 Å². The second kappa shape index (κ2) is 9.34. The Bertz CT molecular complexity index is 959. The van der Waals surface area contributed by atoms with Crippen LogP contribution in [0.4, 0.5) is 11.4 Å². The van der Waals surface area contributed by atoms with Crippen LogP contribution in [0.25, 0.3) is 0 Å². The molecular formula is C20H17ClN2O4S. The highest BCUT2D eigenvalue weighted by molar-refractivity contribution is 8.00. The van der Waals surface area contributed by atoms with Crippen molar-refractivity contribution in [2.45, 2.75) is 4.90 Å². The number of carbonyl (C=O) groups is 2. The van der Waals surface area contributed by atoms with Crippen LogP contribution in [-0.4, -0.2) is 24.7 Å². The topological polar surface area (TPSA) is 80.6 Å². The van der Waals surface area contributed by atoms with Crippen molar-refractivity contribution in [2.24, 2.45) is 0 Å². The van der Waals surface area contributed by atoms with Crippen LogP contribution >= 0.6 is 23.4 Å². The first-order valence-electron chi connectivity index (χ1n) is 8.26. The minimum Gasteiger partial charge on any atom is -0.495 e. The van der Waals surface area contributed by atoms with E-state index in [9.17, 15) is 9.59 Å². The van der Waals surface area contributed by atoms with Gasteiger partial charge in [0.1, 0.15) is 5.75 Å². The third-order valence-electron chi connectivity index (χ3n) is 3.66. The lowest BCUT2D eigenvalue weighted by atomic mass is 10.3. The molecule has 3 aromatic rings. The summed E-state index contributed by atoms with van der Waals surface area (Å²) >= 11 is 7.44. The molecule has 0 unspecified atom stereocenters. The van der Waals surface area contributed by atoms with Crippen LogP contribution in [0.5, 0.6) is 5.75 Å². The van der Waals surface area contributed by atoms with Crippen LogP contribution in [0.3, 0.4) is 0 Å². The summed E-state index contributed by atoms with van der Waals surface area (Å²) in [6.45, 7) is 0. The van der Waals surface area contributed by atoms with E-state index < -0.39 is 0 Å². The van der Waals surface area contributed by atoms with Gasteiger partial charge in [-0.3, -0.25) is 9.59 Å². The number of benzene rings is 2. The highest BCUT2D eigenvalue weighted by atomic mass is 35.5. The van der Waals surface area contributed by atoms with E-state index in [0.717, 1.165) is 4.90 Å². The molecule has 2 aromatic carbocycles. The molecule has 0 radical (unpaired) electrons. The van der Waals surface area contributed by atoms with Gasteiger partial charge in [-0.05, 0) is 54.6 Å². The molecule has 0 bridgehead atoms. The summed E-state index contributed by atoms with van der Waals surface area (Å²) in [5.74, 6) is 0.563. The molecule has 0 saturated heterocycles. The molecule has 0 aliphatic carbocycles. The van der Waals surface area contributed by atoms with Crippen LogP contribution in [0.15, 0.2) is 70.2 Å². The number of thioether (sulfide) groups is 1. The molecule has 0 aliphatic heterocycles. The second-order valence-corrected chi connectivity index (χ2v) is 7.10. The smallest absolute Gasteiger partial charge is 0.291 e. The van der Waals surface area contributed by atoms with E-state index in [-0.39, 0.29) is 23.3 Å². The lowest BCUT2D eigenvalue weighted by Crippen LogP contribution is -2.14. The Morgan fingerprint density at radius 3 is 2.46 bits per heavy atom. The average molecular weight is 417 g/mol. The normalized spacial score (nSPS) is 10.4. The van der Waals surface area contributed by atoms with E-state index in [4.69, 9.17) is 20.8 Å². The van der Waals surface area contributed by atoms with Crippen LogP contribution in [0.2, 0.25) is 5.02 Å². The van der Waals surface area contributed by atoms with Gasteiger partial charge in [-0.1, -0.05) is 11.6 Å². The SMILES string of the molecule is COc1ccc(NC(=O)CSc2ccc(NC(=O)c3ccco3)cc2)cc1Cl. The molecular weight excluding hydrogens is 400 g/mol. The molecule has 0 saturated carbocycles. The Balaban J connectivity index is 1.49. The third kappa shape index (κ3) is 5.31. The monoisotopic (exact) mass is 416 g/mol. The second-order valence-electron chi connectivity index (χ2n) is 5.64. The van der Waals surface area contributed by atoms with Gasteiger partial charge in [-0.2, -0.15) is 0 Å². The first kappa shape index (κ1) is 19.9. The molecule has 0 fully saturated rings. The number of hydrogen-bond acceptors (Lipinski definition) is 5. The van der Waals surface area contributed by atoms with E-state index in [1.54, 1.807) is 42.5 Å². The lowest BCUT2D eigenvalue weighted by molar-refractivity contribution is -0.113. The molecule has 1 heterocycles. The summed E-state index contributed by atoms with van der Waals surface area (Å²) < 4.78 is 10.1. The summed E-state index contributed by atoms with van der Waals surface area (Å²) in [5.41, 5.74) is 1.25. The van der Waals surface area contributed by atoms with Crippen LogP contribution in [0.1, 0.15) is 10.6 Å². The maximum Gasteiger partial charge on any atom is 0.291 e. The number of rotatable bonds is 7. The highest BCUT2D eigenvalue weighted by Gasteiger charge is 2.09. The molecule has 6 nitrogen and oxygen atoms in total. The van der Waals surface area contributed by atoms with Gasteiger partial charge in [-0.25, -0.2) is 0 Å². The summed E-state index contributed by atoms with van der Waals surface area (Å²) in [7, 11) is 1.53. The van der Waals surface area contributed by atoms with Gasteiger partial charge in [0.2, 0.25) is 5.91 Å². The largest absolute Gasteiger partial charge is 0.495 e. The molecule has 2 N–H and O–H groups in total. The minimum absolute atomic E-state index is 0.151. The number of anilines is 2. The molecule has 28 heavy (non-hydrogen) atoms. The van der Waals surface area contributed by atoms with E-state index >= 15 is 0 Å². The van der Waals surface area contributed by atoms with Crippen LogP contribution < -0.4 is 15.4 Å². The Labute approximate surface area is 171 Å². The number of ether oxygens (including phenoxy) is 1. The number of amides is 2. The van der Waals surface area contributed by atoms with E-state index in [0.29, 0.717) is 22.1 Å². The molecule has 2 amide bonds. The van der Waals surface area contributed by atoms with Gasteiger partial charge in [0.25, 0.3) is 5.91 Å². The summed E-state index contributed by atoms with van der Waals surface area (Å²) in [6.07, 6.45) is 1.44. The molecule has 8 heteroatoms. The molecule has 0 spiro atoms. The Kier molecular flexibility index (Phi) is 6.62.